The summed E-state index contributed by atoms with van der Waals surface area (Å²) in [5, 5.41) is 6.32. The van der Waals surface area contributed by atoms with Crippen LogP contribution in [0.3, 0.4) is 0 Å². The molecular formula is C23H23ClFN3O2S2. The van der Waals surface area contributed by atoms with Crippen molar-refractivity contribution in [1.29, 1.82) is 0 Å². The van der Waals surface area contributed by atoms with Crippen molar-refractivity contribution in [2.24, 2.45) is 0 Å². The highest BCUT2D eigenvalue weighted by atomic mass is 35.5. The molecule has 9 heteroatoms. The number of carbonyl (C=O) groups excluding carboxylic acids is 2. The third kappa shape index (κ3) is 6.31. The molecule has 0 fully saturated rings. The molecule has 168 valence electrons. The number of nitrogens with zero attached hydrogens (tertiary/aromatic N) is 1. The lowest BCUT2D eigenvalue weighted by Crippen LogP contribution is -2.44. The van der Waals surface area contributed by atoms with Crippen molar-refractivity contribution in [3.63, 3.8) is 0 Å². The van der Waals surface area contributed by atoms with Gasteiger partial charge in [0.2, 0.25) is 5.91 Å². The minimum Gasteiger partial charge on any atom is -0.340 e. The van der Waals surface area contributed by atoms with Crippen molar-refractivity contribution in [3.05, 3.63) is 81.1 Å². The van der Waals surface area contributed by atoms with Gasteiger partial charge in [-0.05, 0) is 49.1 Å². The average molecular weight is 492 g/mol. The van der Waals surface area contributed by atoms with E-state index in [1.165, 1.54) is 17.4 Å². The first-order valence-corrected chi connectivity index (χ1v) is 12.5. The Morgan fingerprint density at radius 3 is 2.62 bits per heavy atom. The van der Waals surface area contributed by atoms with Crippen molar-refractivity contribution in [1.82, 2.24) is 10.3 Å². The van der Waals surface area contributed by atoms with Crippen LogP contribution in [0.2, 0.25) is 5.02 Å². The first-order valence-electron chi connectivity index (χ1n) is 9.94. The summed E-state index contributed by atoms with van der Waals surface area (Å²) >= 11 is 9.00. The number of benzene rings is 2. The summed E-state index contributed by atoms with van der Waals surface area (Å²) in [4.78, 5) is 30.9. The van der Waals surface area contributed by atoms with Crippen LogP contribution >= 0.6 is 34.7 Å². The van der Waals surface area contributed by atoms with Crippen LogP contribution in [0.25, 0.3) is 0 Å². The molecule has 1 heterocycles. The SMILES string of the molecule is CSCCC(NC(=O)c1ccccc1Cl)C(=O)Nc1nc(C)c(Cc2ccccc2F)s1. The van der Waals surface area contributed by atoms with Gasteiger partial charge >= 0.3 is 0 Å². The highest BCUT2D eigenvalue weighted by molar-refractivity contribution is 7.98. The molecule has 0 aliphatic carbocycles. The fourth-order valence-corrected chi connectivity index (χ4v) is 4.72. The molecule has 3 aromatic rings. The quantitative estimate of drug-likeness (QED) is 0.424. The molecule has 2 N–H and O–H groups in total. The van der Waals surface area contributed by atoms with E-state index in [1.54, 1.807) is 54.2 Å². The lowest BCUT2D eigenvalue weighted by molar-refractivity contribution is -0.118. The van der Waals surface area contributed by atoms with Gasteiger partial charge in [-0.3, -0.25) is 9.59 Å². The largest absolute Gasteiger partial charge is 0.340 e. The topological polar surface area (TPSA) is 71.1 Å². The van der Waals surface area contributed by atoms with E-state index in [-0.39, 0.29) is 11.7 Å². The van der Waals surface area contributed by atoms with Crippen molar-refractivity contribution in [2.75, 3.05) is 17.3 Å². The van der Waals surface area contributed by atoms with Gasteiger partial charge in [0.15, 0.2) is 5.13 Å². The smallest absolute Gasteiger partial charge is 0.253 e. The Morgan fingerprint density at radius 2 is 1.91 bits per heavy atom. The molecule has 0 bridgehead atoms. The fraction of sp³-hybridized carbons (Fsp3) is 0.261. The first-order chi connectivity index (χ1) is 15.4. The van der Waals surface area contributed by atoms with Crippen molar-refractivity contribution in [2.45, 2.75) is 25.8 Å². The van der Waals surface area contributed by atoms with Crippen LogP contribution in [0, 0.1) is 12.7 Å². The molecule has 1 unspecified atom stereocenters. The van der Waals surface area contributed by atoms with Crippen molar-refractivity contribution >= 4 is 51.6 Å². The number of aromatic nitrogens is 1. The average Bonchev–Trinajstić information content (AvgIpc) is 3.11. The van der Waals surface area contributed by atoms with Gasteiger partial charge < -0.3 is 10.6 Å². The summed E-state index contributed by atoms with van der Waals surface area (Å²) in [6.45, 7) is 1.83. The van der Waals surface area contributed by atoms with Crippen LogP contribution in [0.4, 0.5) is 9.52 Å². The number of rotatable bonds is 9. The number of aryl methyl sites for hydroxylation is 1. The molecule has 5 nitrogen and oxygen atoms in total. The first kappa shape index (κ1) is 24.2. The number of anilines is 1. The van der Waals surface area contributed by atoms with Gasteiger partial charge in [-0.1, -0.05) is 41.9 Å². The van der Waals surface area contributed by atoms with Crippen LogP contribution in [-0.4, -0.2) is 34.8 Å². The van der Waals surface area contributed by atoms with Crippen LogP contribution in [-0.2, 0) is 11.2 Å². The number of thiazole rings is 1. The lowest BCUT2D eigenvalue weighted by Gasteiger charge is -2.17. The Balaban J connectivity index is 1.71. The minimum atomic E-state index is -0.745. The molecule has 0 spiro atoms. The maximum absolute atomic E-state index is 14.0. The summed E-state index contributed by atoms with van der Waals surface area (Å²) in [6.07, 6.45) is 2.78. The van der Waals surface area contributed by atoms with Crippen LogP contribution in [0.5, 0.6) is 0 Å². The number of amides is 2. The third-order valence-electron chi connectivity index (χ3n) is 4.78. The van der Waals surface area contributed by atoms with E-state index < -0.39 is 11.9 Å². The summed E-state index contributed by atoms with van der Waals surface area (Å²) in [5.74, 6) is -0.348. The molecule has 2 amide bonds. The van der Waals surface area contributed by atoms with E-state index in [4.69, 9.17) is 11.6 Å². The summed E-state index contributed by atoms with van der Waals surface area (Å²) < 4.78 is 14.0. The van der Waals surface area contributed by atoms with E-state index >= 15 is 0 Å². The number of thioether (sulfide) groups is 1. The van der Waals surface area contributed by atoms with Crippen LogP contribution in [0.15, 0.2) is 48.5 Å². The van der Waals surface area contributed by atoms with E-state index in [2.05, 4.69) is 15.6 Å². The maximum Gasteiger partial charge on any atom is 0.253 e. The lowest BCUT2D eigenvalue weighted by atomic mass is 10.1. The van der Waals surface area contributed by atoms with Gasteiger partial charge in [-0.15, -0.1) is 11.3 Å². The zero-order valence-electron chi connectivity index (χ0n) is 17.7. The van der Waals surface area contributed by atoms with E-state index in [1.807, 2.05) is 13.2 Å². The molecule has 0 radical (unpaired) electrons. The van der Waals surface area contributed by atoms with Gasteiger partial charge in [0.1, 0.15) is 11.9 Å². The highest BCUT2D eigenvalue weighted by Gasteiger charge is 2.23. The van der Waals surface area contributed by atoms with Gasteiger partial charge in [0.25, 0.3) is 5.91 Å². The highest BCUT2D eigenvalue weighted by Crippen LogP contribution is 2.26. The van der Waals surface area contributed by atoms with E-state index in [0.29, 0.717) is 39.9 Å². The molecule has 0 saturated heterocycles. The molecule has 2 aromatic carbocycles. The maximum atomic E-state index is 14.0. The van der Waals surface area contributed by atoms with E-state index in [0.717, 1.165) is 10.6 Å². The minimum absolute atomic E-state index is 0.273. The van der Waals surface area contributed by atoms with Crippen LogP contribution in [0.1, 0.15) is 32.9 Å². The van der Waals surface area contributed by atoms with Gasteiger partial charge in [-0.2, -0.15) is 11.8 Å². The Kier molecular flexibility index (Phi) is 8.67. The zero-order chi connectivity index (χ0) is 23.1. The Bertz CT molecular complexity index is 1110. The van der Waals surface area contributed by atoms with Gasteiger partial charge in [0.05, 0.1) is 16.3 Å². The second-order valence-corrected chi connectivity index (χ2v) is 9.55. The monoisotopic (exact) mass is 491 g/mol. The molecule has 0 aliphatic heterocycles. The second-order valence-electron chi connectivity index (χ2n) is 7.07. The van der Waals surface area contributed by atoms with Crippen LogP contribution < -0.4 is 10.6 Å². The summed E-state index contributed by atoms with van der Waals surface area (Å²) in [5.41, 5.74) is 1.62. The molecule has 1 atom stereocenters. The number of nitrogens with one attached hydrogen (secondary N) is 2. The fourth-order valence-electron chi connectivity index (χ4n) is 3.04. The molecular weight excluding hydrogens is 469 g/mol. The van der Waals surface area contributed by atoms with E-state index in [9.17, 15) is 14.0 Å². The predicted octanol–water partition coefficient (Wildman–Crippen LogP) is 5.33. The normalized spacial score (nSPS) is 11.8. The molecule has 3 rings (SSSR count). The predicted molar refractivity (Wildman–Crippen MR) is 130 cm³/mol. The van der Waals surface area contributed by atoms with Gasteiger partial charge in [-0.25, -0.2) is 9.37 Å². The number of carbonyl (C=O) groups is 2. The summed E-state index contributed by atoms with van der Waals surface area (Å²) in [6, 6.07) is 12.5. The Hall–Kier alpha value is -2.42. The molecule has 0 saturated carbocycles. The van der Waals surface area contributed by atoms with Crippen molar-refractivity contribution in [3.8, 4) is 0 Å². The summed E-state index contributed by atoms with van der Waals surface area (Å²) in [7, 11) is 0. The molecule has 1 aromatic heterocycles. The van der Waals surface area contributed by atoms with Crippen molar-refractivity contribution < 1.29 is 14.0 Å². The number of hydrogen-bond donors (Lipinski definition) is 2. The standard InChI is InChI=1S/C23H23ClFN3O2S2/c1-14-20(13-15-7-3-6-10-18(15)25)32-23(26-14)28-22(30)19(11-12-31-2)27-21(29)16-8-4-5-9-17(16)24/h3-10,19H,11-13H2,1-2H3,(H,27,29)(H,26,28,30). The van der Waals surface area contributed by atoms with Gasteiger partial charge in [0, 0.05) is 11.3 Å². The second kappa shape index (κ2) is 11.4. The number of hydrogen-bond acceptors (Lipinski definition) is 5. The Morgan fingerprint density at radius 1 is 1.19 bits per heavy atom. The zero-order valence-corrected chi connectivity index (χ0v) is 20.0. The third-order valence-corrected chi connectivity index (χ3v) is 6.83. The Labute approximate surface area is 199 Å². The number of halogens is 2. The molecule has 0 aliphatic rings. The molecule has 32 heavy (non-hydrogen) atoms.